The van der Waals surface area contributed by atoms with Crippen molar-refractivity contribution in [3.8, 4) is 0 Å². The molecule has 0 aromatic carbocycles. The molecule has 1 fully saturated rings. The molecule has 1 saturated heterocycles. The molecular formula is C26H47NO6Si2. The Kier molecular flexibility index (Phi) is 9.77. The quantitative estimate of drug-likeness (QED) is 0.164. The van der Waals surface area contributed by atoms with Crippen molar-refractivity contribution in [1.29, 1.82) is 0 Å². The molecule has 35 heavy (non-hydrogen) atoms. The van der Waals surface area contributed by atoms with Gasteiger partial charge in [-0.2, -0.15) is 0 Å². The molecule has 9 heteroatoms. The van der Waals surface area contributed by atoms with Crippen molar-refractivity contribution in [3.05, 3.63) is 23.3 Å². The predicted octanol–water partition coefficient (Wildman–Crippen LogP) is 4.91. The summed E-state index contributed by atoms with van der Waals surface area (Å²) in [6, 6.07) is -0.0570. The number of hydrogen-bond acceptors (Lipinski definition) is 7. The smallest absolute Gasteiger partial charge is 0.340 e. The molecule has 2 rings (SSSR count). The van der Waals surface area contributed by atoms with Crippen LogP contribution >= 0.6 is 0 Å². The Balaban J connectivity index is 2.23. The summed E-state index contributed by atoms with van der Waals surface area (Å²) in [5.74, 6) is -0.801. The highest BCUT2D eigenvalue weighted by Crippen LogP contribution is 2.36. The summed E-state index contributed by atoms with van der Waals surface area (Å²) in [6.07, 6.45) is 3.95. The van der Waals surface area contributed by atoms with Gasteiger partial charge in [0.1, 0.15) is 12.7 Å². The van der Waals surface area contributed by atoms with E-state index in [9.17, 15) is 9.59 Å². The first-order valence-electron chi connectivity index (χ1n) is 12.8. The van der Waals surface area contributed by atoms with Crippen molar-refractivity contribution in [3.63, 3.8) is 0 Å². The molecule has 2 heterocycles. The van der Waals surface area contributed by atoms with Gasteiger partial charge in [-0.25, -0.2) is 9.59 Å². The molecule has 0 bridgehead atoms. The topological polar surface area (TPSA) is 74.3 Å². The molecule has 0 amide bonds. The van der Waals surface area contributed by atoms with Crippen LogP contribution in [0, 0.1) is 5.92 Å². The van der Waals surface area contributed by atoms with E-state index >= 15 is 0 Å². The van der Waals surface area contributed by atoms with Gasteiger partial charge >= 0.3 is 11.9 Å². The largest absolute Gasteiger partial charge is 0.459 e. The van der Waals surface area contributed by atoms with Gasteiger partial charge in [0.05, 0.1) is 12.1 Å². The summed E-state index contributed by atoms with van der Waals surface area (Å²) in [5.41, 5.74) is 0.393. The van der Waals surface area contributed by atoms with Crippen LogP contribution < -0.4 is 0 Å². The van der Waals surface area contributed by atoms with Crippen LogP contribution in [0.4, 0.5) is 0 Å². The third kappa shape index (κ3) is 7.38. The number of carbonyl (C=O) groups is 2. The average molecular weight is 526 g/mol. The highest BCUT2D eigenvalue weighted by molar-refractivity contribution is 6.70. The second-order valence-corrected chi connectivity index (χ2v) is 20.9. The van der Waals surface area contributed by atoms with Crippen molar-refractivity contribution in [2.45, 2.75) is 104 Å². The first-order valence-corrected chi connectivity index (χ1v) is 19.7. The number of hydrogen-bond donors (Lipinski definition) is 0. The van der Waals surface area contributed by atoms with Gasteiger partial charge in [0.25, 0.3) is 0 Å². The number of ether oxygens (including phenoxy) is 2. The fourth-order valence-electron chi connectivity index (χ4n) is 4.97. The normalized spacial score (nSPS) is 24.1. The molecule has 0 radical (unpaired) electrons. The minimum absolute atomic E-state index is 0.0570. The maximum absolute atomic E-state index is 13.8. The summed E-state index contributed by atoms with van der Waals surface area (Å²) in [7, 11) is -4.08. The molecule has 0 aromatic heterocycles. The number of nitrogens with zero attached hydrogens (tertiary/aromatic N) is 1. The van der Waals surface area contributed by atoms with E-state index in [1.54, 1.807) is 13.0 Å². The number of esters is 2. The van der Waals surface area contributed by atoms with E-state index in [1.165, 1.54) is 0 Å². The lowest BCUT2D eigenvalue weighted by Gasteiger charge is -2.45. The predicted molar refractivity (Wildman–Crippen MR) is 144 cm³/mol. The van der Waals surface area contributed by atoms with Gasteiger partial charge < -0.3 is 18.3 Å². The van der Waals surface area contributed by atoms with Crippen LogP contribution in [-0.2, 0) is 27.9 Å². The third-order valence-corrected chi connectivity index (χ3v) is 8.59. The zero-order chi connectivity index (χ0) is 26.8. The van der Waals surface area contributed by atoms with Crippen LogP contribution in [0.15, 0.2) is 23.3 Å². The number of carbonyl (C=O) groups excluding carboxylic acids is 2. The SMILES string of the molecule is C/C=C(/C)C(=O)O[C@H]1CCN2CC=C(COC(=O)[C@](O[Si](C)(C)C)(C(C)C)[C@H](C)O[Si](C)(C)C)[C@H]12. The molecule has 200 valence electrons. The summed E-state index contributed by atoms with van der Waals surface area (Å²) >= 11 is 0. The molecule has 0 N–H and O–H groups in total. The van der Waals surface area contributed by atoms with Crippen molar-refractivity contribution in [2.24, 2.45) is 5.92 Å². The van der Waals surface area contributed by atoms with Gasteiger partial charge in [-0.1, -0.05) is 26.0 Å². The Morgan fingerprint density at radius 3 is 2.29 bits per heavy atom. The van der Waals surface area contributed by atoms with Gasteiger partial charge in [-0.3, -0.25) is 4.90 Å². The fraction of sp³-hybridized carbons (Fsp3) is 0.769. The molecule has 7 nitrogen and oxygen atoms in total. The molecule has 4 atom stereocenters. The van der Waals surface area contributed by atoms with Crippen LogP contribution in [0.1, 0.15) is 41.0 Å². The molecular weight excluding hydrogens is 478 g/mol. The number of allylic oxidation sites excluding steroid dienone is 1. The van der Waals surface area contributed by atoms with E-state index in [-0.39, 0.29) is 36.6 Å². The zero-order valence-electron chi connectivity index (χ0n) is 23.7. The van der Waals surface area contributed by atoms with E-state index < -0.39 is 28.3 Å². The van der Waals surface area contributed by atoms with E-state index in [0.717, 1.165) is 25.1 Å². The molecule has 0 aliphatic carbocycles. The molecule has 0 spiro atoms. The first-order chi connectivity index (χ1) is 16.0. The second kappa shape index (κ2) is 11.4. The summed E-state index contributed by atoms with van der Waals surface area (Å²) in [4.78, 5) is 28.5. The molecule has 0 saturated carbocycles. The van der Waals surface area contributed by atoms with Crippen LogP contribution in [-0.4, -0.2) is 77.0 Å². The van der Waals surface area contributed by atoms with E-state index in [2.05, 4.69) is 50.3 Å². The van der Waals surface area contributed by atoms with Gasteiger partial charge in [-0.15, -0.1) is 0 Å². The number of fused-ring (bicyclic) bond motifs is 1. The molecule has 2 aliphatic heterocycles. The number of rotatable bonds is 11. The lowest BCUT2D eigenvalue weighted by atomic mass is 9.85. The Hall–Kier alpha value is -1.27. The van der Waals surface area contributed by atoms with Crippen LogP contribution in [0.5, 0.6) is 0 Å². The highest BCUT2D eigenvalue weighted by atomic mass is 28.4. The van der Waals surface area contributed by atoms with Crippen LogP contribution in [0.3, 0.4) is 0 Å². The fourth-order valence-corrected chi connectivity index (χ4v) is 7.71. The second-order valence-electron chi connectivity index (χ2n) is 12.0. The standard InChI is InChI=1S/C26H47NO6Si2/c1-12-19(4)24(28)31-22-14-16-27-15-13-21(23(22)27)17-30-25(29)26(18(2)3,33-35(9,10)11)20(5)32-34(6,7)8/h12-13,18,20,22-23H,14-17H2,1-11H3/b19-12-/t20-,22-,23+,26-/m0/s1. The maximum Gasteiger partial charge on any atom is 0.340 e. The summed E-state index contributed by atoms with van der Waals surface area (Å²) in [5, 5.41) is 0. The third-order valence-electron chi connectivity index (χ3n) is 6.58. The lowest BCUT2D eigenvalue weighted by molar-refractivity contribution is -0.178. The molecule has 0 unspecified atom stereocenters. The van der Waals surface area contributed by atoms with Crippen molar-refractivity contribution >= 4 is 28.6 Å². The van der Waals surface area contributed by atoms with Gasteiger partial charge in [0, 0.05) is 18.7 Å². The Bertz CT molecular complexity index is 842. The lowest BCUT2D eigenvalue weighted by Crippen LogP contribution is -2.62. The minimum atomic E-state index is -2.13. The zero-order valence-corrected chi connectivity index (χ0v) is 25.7. The van der Waals surface area contributed by atoms with E-state index in [1.807, 2.05) is 27.7 Å². The minimum Gasteiger partial charge on any atom is -0.459 e. The van der Waals surface area contributed by atoms with Gasteiger partial charge in [0.15, 0.2) is 22.2 Å². The van der Waals surface area contributed by atoms with Crippen molar-refractivity contribution in [2.75, 3.05) is 19.7 Å². The van der Waals surface area contributed by atoms with Gasteiger partial charge in [0.2, 0.25) is 0 Å². The van der Waals surface area contributed by atoms with Crippen LogP contribution in [0.25, 0.3) is 0 Å². The maximum atomic E-state index is 13.8. The van der Waals surface area contributed by atoms with Crippen molar-refractivity contribution < 1.29 is 27.9 Å². The average Bonchev–Trinajstić information content (AvgIpc) is 3.30. The van der Waals surface area contributed by atoms with Crippen LogP contribution in [0.2, 0.25) is 39.3 Å². The molecule has 2 aliphatic rings. The first kappa shape index (κ1) is 30.0. The highest BCUT2D eigenvalue weighted by Gasteiger charge is 2.53. The Morgan fingerprint density at radius 2 is 1.77 bits per heavy atom. The molecule has 0 aromatic rings. The Labute approximate surface area is 214 Å². The van der Waals surface area contributed by atoms with Crippen molar-refractivity contribution in [1.82, 2.24) is 4.90 Å². The monoisotopic (exact) mass is 525 g/mol. The van der Waals surface area contributed by atoms with Gasteiger partial charge in [-0.05, 0) is 78.0 Å². The summed E-state index contributed by atoms with van der Waals surface area (Å²) < 4.78 is 24.9. The Morgan fingerprint density at radius 1 is 1.14 bits per heavy atom. The van der Waals surface area contributed by atoms with E-state index in [4.69, 9.17) is 18.3 Å². The summed E-state index contributed by atoms with van der Waals surface area (Å²) in [6.45, 7) is 23.9. The van der Waals surface area contributed by atoms with E-state index in [0.29, 0.717) is 5.57 Å².